The van der Waals surface area contributed by atoms with E-state index in [1.165, 1.54) is 6.42 Å². The van der Waals surface area contributed by atoms with Crippen LogP contribution in [0, 0.1) is 11.3 Å². The summed E-state index contributed by atoms with van der Waals surface area (Å²) in [5, 5.41) is 9.17. The van der Waals surface area contributed by atoms with Crippen LogP contribution in [-0.2, 0) is 0 Å². The molecule has 0 amide bonds. The van der Waals surface area contributed by atoms with E-state index < -0.39 is 5.72 Å². The molecule has 1 aromatic heterocycles. The Hall–Kier alpha value is -2.87. The van der Waals surface area contributed by atoms with E-state index in [4.69, 9.17) is 14.5 Å². The Morgan fingerprint density at radius 1 is 1.12 bits per heavy atom. The molecule has 2 aromatic rings. The molecule has 0 N–H and O–H groups in total. The molecule has 0 atom stereocenters. The summed E-state index contributed by atoms with van der Waals surface area (Å²) in [5.74, 6) is 1.68. The van der Waals surface area contributed by atoms with E-state index in [0.717, 1.165) is 31.4 Å². The van der Waals surface area contributed by atoms with Crippen LogP contribution in [0.5, 0.6) is 11.6 Å². The average molecular weight is 319 g/mol. The molecule has 2 heterocycles. The Bertz CT molecular complexity index is 818. The van der Waals surface area contributed by atoms with E-state index in [1.54, 1.807) is 24.4 Å². The molecule has 0 bridgehead atoms. The highest BCUT2D eigenvalue weighted by molar-refractivity contribution is 5.99. The molecule has 1 saturated carbocycles. The molecule has 0 unspecified atom stereocenters. The molecule has 4 rings (SSSR count). The monoisotopic (exact) mass is 319 g/mol. The second-order valence-corrected chi connectivity index (χ2v) is 6.12. The highest BCUT2D eigenvalue weighted by Crippen LogP contribution is 2.40. The standard InChI is InChI=1S/C19H17N3O2/c20-13-14-7-8-16-15(12-14)18(23-17-6-2-5-11-21-17)22-19(24-16)9-3-1-4-10-19/h2,5-8,11-12H,1,3-4,9-10H2. The van der Waals surface area contributed by atoms with Crippen molar-refractivity contribution in [3.63, 3.8) is 0 Å². The molecule has 2 aliphatic rings. The first kappa shape index (κ1) is 14.7. The third-order valence-electron chi connectivity index (χ3n) is 4.42. The van der Waals surface area contributed by atoms with Crippen molar-refractivity contribution < 1.29 is 9.47 Å². The van der Waals surface area contributed by atoms with Gasteiger partial charge in [0.15, 0.2) is 0 Å². The topological polar surface area (TPSA) is 67.5 Å². The van der Waals surface area contributed by atoms with Crippen molar-refractivity contribution >= 4 is 5.90 Å². The first-order chi connectivity index (χ1) is 11.8. The molecule has 120 valence electrons. The minimum absolute atomic E-state index is 0.481. The predicted octanol–water partition coefficient (Wildman–Crippen LogP) is 3.83. The Morgan fingerprint density at radius 3 is 2.75 bits per heavy atom. The third-order valence-corrected chi connectivity index (χ3v) is 4.42. The highest BCUT2D eigenvalue weighted by atomic mass is 16.5. The molecular weight excluding hydrogens is 302 g/mol. The van der Waals surface area contributed by atoms with Crippen molar-refractivity contribution in [2.24, 2.45) is 4.99 Å². The van der Waals surface area contributed by atoms with Gasteiger partial charge in [-0.2, -0.15) is 5.26 Å². The van der Waals surface area contributed by atoms with Crippen LogP contribution in [0.3, 0.4) is 0 Å². The van der Waals surface area contributed by atoms with Crippen LogP contribution in [-0.4, -0.2) is 16.6 Å². The summed E-state index contributed by atoms with van der Waals surface area (Å²) < 4.78 is 12.2. The molecule has 5 heteroatoms. The predicted molar refractivity (Wildman–Crippen MR) is 89.0 cm³/mol. The Kier molecular flexibility index (Phi) is 3.66. The zero-order valence-electron chi connectivity index (χ0n) is 13.2. The maximum atomic E-state index is 9.17. The highest BCUT2D eigenvalue weighted by Gasteiger charge is 2.39. The first-order valence-electron chi connectivity index (χ1n) is 8.20. The van der Waals surface area contributed by atoms with Gasteiger partial charge in [0.25, 0.3) is 0 Å². The fraction of sp³-hybridized carbons (Fsp3) is 0.316. The van der Waals surface area contributed by atoms with Gasteiger partial charge in [-0.05, 0) is 37.1 Å². The van der Waals surface area contributed by atoms with Crippen LogP contribution in [0.2, 0.25) is 0 Å². The lowest BCUT2D eigenvalue weighted by atomic mass is 9.91. The molecule has 1 aromatic carbocycles. The van der Waals surface area contributed by atoms with Crippen molar-refractivity contribution in [1.29, 1.82) is 5.26 Å². The van der Waals surface area contributed by atoms with Crippen LogP contribution in [0.4, 0.5) is 0 Å². The van der Waals surface area contributed by atoms with Gasteiger partial charge < -0.3 is 9.47 Å². The van der Waals surface area contributed by atoms with Crippen LogP contribution < -0.4 is 9.47 Å². The number of hydrogen-bond acceptors (Lipinski definition) is 5. The van der Waals surface area contributed by atoms with Crippen molar-refractivity contribution in [3.05, 3.63) is 53.7 Å². The average Bonchev–Trinajstić information content (AvgIpc) is 2.63. The Labute approximate surface area is 140 Å². The molecule has 1 aliphatic heterocycles. The summed E-state index contributed by atoms with van der Waals surface area (Å²) in [7, 11) is 0. The fourth-order valence-corrected chi connectivity index (χ4v) is 3.23. The van der Waals surface area contributed by atoms with Gasteiger partial charge in [-0.25, -0.2) is 9.98 Å². The van der Waals surface area contributed by atoms with Crippen LogP contribution in [0.15, 0.2) is 47.6 Å². The summed E-state index contributed by atoms with van der Waals surface area (Å²) in [5.41, 5.74) is 0.703. The summed E-state index contributed by atoms with van der Waals surface area (Å²) in [6.07, 6.45) is 6.82. The minimum Gasteiger partial charge on any atom is -0.465 e. The third kappa shape index (κ3) is 2.71. The molecule has 1 aliphatic carbocycles. The van der Waals surface area contributed by atoms with Crippen molar-refractivity contribution in [3.8, 4) is 17.7 Å². The van der Waals surface area contributed by atoms with E-state index in [9.17, 15) is 5.26 Å². The van der Waals surface area contributed by atoms with Crippen LogP contribution in [0.1, 0.15) is 43.2 Å². The summed E-state index contributed by atoms with van der Waals surface area (Å²) in [4.78, 5) is 9.02. The lowest BCUT2D eigenvalue weighted by molar-refractivity contribution is 0.0330. The normalized spacial score (nSPS) is 18.0. The van der Waals surface area contributed by atoms with E-state index in [1.807, 2.05) is 18.2 Å². The van der Waals surface area contributed by atoms with E-state index in [-0.39, 0.29) is 0 Å². The largest absolute Gasteiger partial charge is 0.465 e. The van der Waals surface area contributed by atoms with E-state index in [0.29, 0.717) is 22.9 Å². The van der Waals surface area contributed by atoms with Crippen molar-refractivity contribution in [2.75, 3.05) is 0 Å². The number of hydrogen-bond donors (Lipinski definition) is 0. The van der Waals surface area contributed by atoms with E-state index in [2.05, 4.69) is 11.1 Å². The number of nitriles is 1. The molecule has 0 saturated heterocycles. The van der Waals surface area contributed by atoms with Gasteiger partial charge in [-0.1, -0.05) is 12.5 Å². The van der Waals surface area contributed by atoms with Gasteiger partial charge in [0, 0.05) is 25.1 Å². The quantitative estimate of drug-likeness (QED) is 0.801. The fourth-order valence-electron chi connectivity index (χ4n) is 3.23. The Morgan fingerprint density at radius 2 is 2.00 bits per heavy atom. The number of nitrogens with zero attached hydrogens (tertiary/aromatic N) is 3. The van der Waals surface area contributed by atoms with Gasteiger partial charge in [-0.3, -0.25) is 0 Å². The number of rotatable bonds is 1. The molecule has 24 heavy (non-hydrogen) atoms. The maximum Gasteiger partial charge on any atom is 0.231 e. The zero-order valence-corrected chi connectivity index (χ0v) is 13.2. The smallest absolute Gasteiger partial charge is 0.231 e. The van der Waals surface area contributed by atoms with Crippen LogP contribution in [0.25, 0.3) is 0 Å². The van der Waals surface area contributed by atoms with Gasteiger partial charge in [0.1, 0.15) is 5.75 Å². The number of benzene rings is 1. The van der Waals surface area contributed by atoms with Crippen molar-refractivity contribution in [1.82, 2.24) is 4.98 Å². The molecule has 5 nitrogen and oxygen atoms in total. The minimum atomic E-state index is -0.552. The first-order valence-corrected chi connectivity index (χ1v) is 8.20. The number of aromatic nitrogens is 1. The summed E-state index contributed by atoms with van der Waals surface area (Å²) in [6.45, 7) is 0. The second-order valence-electron chi connectivity index (χ2n) is 6.12. The van der Waals surface area contributed by atoms with E-state index >= 15 is 0 Å². The number of fused-ring (bicyclic) bond motifs is 1. The number of pyridine rings is 1. The molecule has 0 radical (unpaired) electrons. The number of ether oxygens (including phenoxy) is 2. The number of aliphatic imine (C=N–C) groups is 1. The van der Waals surface area contributed by atoms with Gasteiger partial charge in [0.05, 0.1) is 17.2 Å². The molecule has 1 fully saturated rings. The maximum absolute atomic E-state index is 9.17. The lowest BCUT2D eigenvalue weighted by Gasteiger charge is -2.37. The van der Waals surface area contributed by atoms with Gasteiger partial charge >= 0.3 is 0 Å². The second kappa shape index (κ2) is 5.97. The Balaban J connectivity index is 1.78. The van der Waals surface area contributed by atoms with Crippen LogP contribution >= 0.6 is 0 Å². The lowest BCUT2D eigenvalue weighted by Crippen LogP contribution is -2.41. The summed E-state index contributed by atoms with van der Waals surface area (Å²) >= 11 is 0. The summed E-state index contributed by atoms with van der Waals surface area (Å²) in [6, 6.07) is 13.0. The SMILES string of the molecule is N#Cc1ccc2c(c1)C(Oc1ccccn1)=NC1(CCCCC1)O2. The van der Waals surface area contributed by atoms with Gasteiger partial charge in [-0.15, -0.1) is 0 Å². The molecular formula is C19H17N3O2. The van der Waals surface area contributed by atoms with Gasteiger partial charge in [0.2, 0.25) is 17.5 Å². The zero-order chi connectivity index (χ0) is 16.4. The van der Waals surface area contributed by atoms with Crippen molar-refractivity contribution in [2.45, 2.75) is 37.8 Å². The molecule has 1 spiro atoms.